The first-order chi connectivity index (χ1) is 12.8. The van der Waals surface area contributed by atoms with Gasteiger partial charge in [-0.1, -0.05) is 47.5 Å². The molecule has 0 aliphatic carbocycles. The minimum Gasteiger partial charge on any atom is -0.383 e. The molecule has 4 nitrogen and oxygen atoms in total. The second-order valence-corrected chi connectivity index (χ2v) is 10.3. The van der Waals surface area contributed by atoms with Crippen LogP contribution in [-0.2, 0) is 9.84 Å². The molecule has 2 aromatic carbocycles. The Bertz CT molecular complexity index is 1140. The van der Waals surface area contributed by atoms with E-state index in [1.54, 1.807) is 42.7 Å². The third kappa shape index (κ3) is 3.88. The molecule has 3 N–H and O–H groups in total. The van der Waals surface area contributed by atoms with Crippen molar-refractivity contribution in [3.05, 3.63) is 63.5 Å². The maximum Gasteiger partial charge on any atom is 0.208 e. The number of halogens is 2. The molecule has 0 radical (unpaired) electrons. The largest absolute Gasteiger partial charge is 0.383 e. The lowest BCUT2D eigenvalue weighted by atomic mass is 10.1. The number of nitrogen functional groups attached to an aromatic ring is 1. The first-order valence-electron chi connectivity index (χ1n) is 7.57. The van der Waals surface area contributed by atoms with E-state index < -0.39 is 9.84 Å². The molecule has 140 valence electrons. The highest BCUT2D eigenvalue weighted by atomic mass is 35.5. The van der Waals surface area contributed by atoms with E-state index in [0.717, 1.165) is 0 Å². The van der Waals surface area contributed by atoms with Gasteiger partial charge in [0.05, 0.1) is 28.9 Å². The molecule has 9 heteroatoms. The van der Waals surface area contributed by atoms with Crippen LogP contribution in [0.5, 0.6) is 0 Å². The summed E-state index contributed by atoms with van der Waals surface area (Å²) in [6.45, 7) is 0. The number of thiophene rings is 1. The molecule has 1 aromatic heterocycles. The maximum atomic E-state index is 13.2. The Labute approximate surface area is 175 Å². The van der Waals surface area contributed by atoms with Gasteiger partial charge in [0.1, 0.15) is 5.84 Å². The van der Waals surface area contributed by atoms with Gasteiger partial charge in [0, 0.05) is 5.56 Å². The number of benzene rings is 2. The van der Waals surface area contributed by atoms with E-state index in [1.807, 2.05) is 0 Å². The Hall–Kier alpha value is -1.51. The van der Waals surface area contributed by atoms with Crippen LogP contribution in [0.4, 0.5) is 0 Å². The van der Waals surface area contributed by atoms with Crippen LogP contribution in [0.1, 0.15) is 4.88 Å². The average molecular weight is 457 g/mol. The summed E-state index contributed by atoms with van der Waals surface area (Å²) in [7, 11) is -3.79. The number of nitrogens with one attached hydrogen (secondary N) is 1. The maximum absolute atomic E-state index is 13.2. The van der Waals surface area contributed by atoms with Crippen molar-refractivity contribution in [3.8, 4) is 11.1 Å². The van der Waals surface area contributed by atoms with Gasteiger partial charge in [-0.2, -0.15) is 0 Å². The van der Waals surface area contributed by atoms with Crippen molar-refractivity contribution in [2.45, 2.75) is 14.0 Å². The average Bonchev–Trinajstić information content (AvgIpc) is 3.10. The molecular formula is C18H14Cl2N2O2S3. The molecule has 3 rings (SSSR count). The molecule has 0 aliphatic rings. The minimum atomic E-state index is -3.79. The number of nitrogens with two attached hydrogens (primary N) is 1. The van der Waals surface area contributed by atoms with Crippen LogP contribution in [0.3, 0.4) is 0 Å². The summed E-state index contributed by atoms with van der Waals surface area (Å²) in [6, 6.07) is 13.2. The highest BCUT2D eigenvalue weighted by molar-refractivity contribution is 8.01. The number of hydrogen-bond acceptors (Lipinski definition) is 5. The van der Waals surface area contributed by atoms with Crippen LogP contribution in [0.25, 0.3) is 11.1 Å². The van der Waals surface area contributed by atoms with E-state index in [4.69, 9.17) is 34.3 Å². The Morgan fingerprint density at radius 3 is 2.52 bits per heavy atom. The van der Waals surface area contributed by atoms with E-state index in [9.17, 15) is 8.42 Å². The van der Waals surface area contributed by atoms with Crippen molar-refractivity contribution in [2.24, 2.45) is 5.73 Å². The highest BCUT2D eigenvalue weighted by Crippen LogP contribution is 2.39. The van der Waals surface area contributed by atoms with Crippen molar-refractivity contribution in [1.82, 2.24) is 0 Å². The predicted octanol–water partition coefficient (Wildman–Crippen LogP) is 5.56. The van der Waals surface area contributed by atoms with E-state index in [1.165, 1.54) is 35.2 Å². The third-order valence-corrected chi connectivity index (χ3v) is 8.97. The molecule has 0 saturated carbocycles. The molecule has 0 fully saturated rings. The van der Waals surface area contributed by atoms with Crippen molar-refractivity contribution in [1.29, 1.82) is 5.41 Å². The Balaban J connectivity index is 2.14. The van der Waals surface area contributed by atoms with E-state index >= 15 is 0 Å². The summed E-state index contributed by atoms with van der Waals surface area (Å²) in [6.07, 6.45) is 1.79. The number of amidine groups is 1. The second-order valence-electron chi connectivity index (χ2n) is 5.51. The molecule has 0 aliphatic heterocycles. The summed E-state index contributed by atoms with van der Waals surface area (Å²) in [5.41, 5.74) is 6.83. The van der Waals surface area contributed by atoms with Crippen LogP contribution in [0, 0.1) is 5.41 Å². The van der Waals surface area contributed by atoms with E-state index in [2.05, 4.69) is 0 Å². The van der Waals surface area contributed by atoms with Gasteiger partial charge < -0.3 is 5.73 Å². The van der Waals surface area contributed by atoms with E-state index in [0.29, 0.717) is 30.3 Å². The van der Waals surface area contributed by atoms with Crippen molar-refractivity contribution in [3.63, 3.8) is 0 Å². The fourth-order valence-electron chi connectivity index (χ4n) is 2.50. The van der Waals surface area contributed by atoms with Crippen LogP contribution in [0.2, 0.25) is 10.0 Å². The molecule has 27 heavy (non-hydrogen) atoms. The molecule has 0 atom stereocenters. The van der Waals surface area contributed by atoms with Crippen molar-refractivity contribution in [2.75, 3.05) is 6.26 Å². The van der Waals surface area contributed by atoms with Gasteiger partial charge >= 0.3 is 0 Å². The molecule has 0 unspecified atom stereocenters. The SMILES string of the molecule is CSc1sc(C(=N)N)cc1S(=O)(=O)c1cccc(-c2cccc(Cl)c2Cl)c1. The van der Waals surface area contributed by atoms with Gasteiger partial charge in [0.15, 0.2) is 0 Å². The third-order valence-electron chi connectivity index (χ3n) is 3.81. The van der Waals surface area contributed by atoms with Gasteiger partial charge in [-0.3, -0.25) is 5.41 Å². The van der Waals surface area contributed by atoms with Crippen molar-refractivity contribution < 1.29 is 8.42 Å². The summed E-state index contributed by atoms with van der Waals surface area (Å²) in [5.74, 6) is -0.156. The van der Waals surface area contributed by atoms with Crippen molar-refractivity contribution >= 4 is 62.0 Å². The van der Waals surface area contributed by atoms with Crippen LogP contribution in [-0.4, -0.2) is 20.5 Å². The van der Waals surface area contributed by atoms with Gasteiger partial charge in [-0.15, -0.1) is 23.1 Å². The summed E-state index contributed by atoms with van der Waals surface area (Å²) in [5, 5.41) is 8.34. The predicted molar refractivity (Wildman–Crippen MR) is 114 cm³/mol. The summed E-state index contributed by atoms with van der Waals surface area (Å²) in [4.78, 5) is 0.714. The lowest BCUT2D eigenvalue weighted by Crippen LogP contribution is -2.08. The summed E-state index contributed by atoms with van der Waals surface area (Å²) >= 11 is 14.9. The fraction of sp³-hybridized carbons (Fsp3) is 0.0556. The Morgan fingerprint density at radius 1 is 1.15 bits per heavy atom. The van der Waals surface area contributed by atoms with Crippen LogP contribution in [0.15, 0.2) is 62.5 Å². The lowest BCUT2D eigenvalue weighted by molar-refractivity contribution is 0.595. The molecular weight excluding hydrogens is 443 g/mol. The second kappa shape index (κ2) is 7.85. The number of sulfone groups is 1. The quantitative estimate of drug-likeness (QED) is 0.299. The Kier molecular flexibility index (Phi) is 5.88. The molecule has 1 heterocycles. The van der Waals surface area contributed by atoms with E-state index in [-0.39, 0.29) is 15.6 Å². The number of thioether (sulfide) groups is 1. The lowest BCUT2D eigenvalue weighted by Gasteiger charge is -2.09. The topological polar surface area (TPSA) is 84.0 Å². The number of rotatable bonds is 5. The first kappa shape index (κ1) is 20.2. The smallest absolute Gasteiger partial charge is 0.208 e. The number of hydrogen-bond donors (Lipinski definition) is 2. The zero-order chi connectivity index (χ0) is 19.8. The molecule has 0 amide bonds. The van der Waals surface area contributed by atoms with Gasteiger partial charge in [-0.05, 0) is 36.1 Å². The van der Waals surface area contributed by atoms with Crippen LogP contribution >= 0.6 is 46.3 Å². The summed E-state index contributed by atoms with van der Waals surface area (Å²) < 4.78 is 27.0. The zero-order valence-electron chi connectivity index (χ0n) is 14.0. The molecule has 0 bridgehead atoms. The van der Waals surface area contributed by atoms with Gasteiger partial charge in [0.2, 0.25) is 9.84 Å². The normalized spacial score (nSPS) is 11.5. The molecule has 0 saturated heterocycles. The standard InChI is InChI=1S/C18H14Cl2N2O2S3/c1-25-18-15(9-14(26-18)17(21)22)27(23,24)11-5-2-4-10(8-11)12-6-3-7-13(19)16(12)20/h2-9H,1H3,(H3,21,22). The monoisotopic (exact) mass is 456 g/mol. The fourth-order valence-corrected chi connectivity index (χ4v) is 6.82. The molecule has 0 spiro atoms. The van der Waals surface area contributed by atoms with Crippen LogP contribution < -0.4 is 5.73 Å². The van der Waals surface area contributed by atoms with Gasteiger partial charge in [-0.25, -0.2) is 8.42 Å². The minimum absolute atomic E-state index is 0.138. The molecule has 3 aromatic rings. The highest BCUT2D eigenvalue weighted by Gasteiger charge is 2.25. The zero-order valence-corrected chi connectivity index (χ0v) is 18.0. The first-order valence-corrected chi connectivity index (χ1v) is 11.9. The van der Waals surface area contributed by atoms with Gasteiger partial charge in [0.25, 0.3) is 0 Å². The Morgan fingerprint density at radius 2 is 1.85 bits per heavy atom.